The van der Waals surface area contributed by atoms with Crippen LogP contribution < -0.4 is 0 Å². The fraction of sp³-hybridized carbons (Fsp3) is 1.00. The van der Waals surface area contributed by atoms with Gasteiger partial charge in [0.05, 0.1) is 0 Å². The average Bonchev–Trinajstić information content (AvgIpc) is 1.84. The Hall–Kier alpha value is 1.02. The summed E-state index contributed by atoms with van der Waals surface area (Å²) in [5, 5.41) is 0. The van der Waals surface area contributed by atoms with E-state index in [9.17, 15) is 0 Å². The first-order valence-corrected chi connectivity index (χ1v) is 9.20. The molecular formula is C7H17SiSn+3. The Morgan fingerprint density at radius 1 is 1.33 bits per heavy atom. The van der Waals surface area contributed by atoms with Gasteiger partial charge in [0.1, 0.15) is 0 Å². The van der Waals surface area contributed by atoms with Crippen LogP contribution in [0.1, 0.15) is 19.8 Å². The van der Waals surface area contributed by atoms with Crippen LogP contribution in [0.3, 0.4) is 0 Å². The number of hydrogen-bond donors (Lipinski definition) is 0. The Balaban J connectivity index is 3.33. The summed E-state index contributed by atoms with van der Waals surface area (Å²) in [6.07, 6.45) is 2.85. The van der Waals surface area contributed by atoms with Crippen molar-refractivity contribution in [1.29, 1.82) is 0 Å². The first-order chi connectivity index (χ1) is 4.12. The second kappa shape index (κ2) is 4.77. The van der Waals surface area contributed by atoms with E-state index in [4.69, 9.17) is 0 Å². The van der Waals surface area contributed by atoms with Crippen LogP contribution in [0.25, 0.3) is 0 Å². The molecule has 0 spiro atoms. The van der Waals surface area contributed by atoms with Crippen LogP contribution in [0.15, 0.2) is 0 Å². The molecule has 0 aliphatic rings. The Labute approximate surface area is 73.5 Å². The van der Waals surface area contributed by atoms with Crippen LogP contribution in [0.4, 0.5) is 0 Å². The third kappa shape index (κ3) is 5.46. The monoisotopic (exact) mass is 249 g/mol. The van der Waals surface area contributed by atoms with E-state index in [0.717, 1.165) is 0 Å². The molecule has 0 saturated heterocycles. The maximum absolute atomic E-state index is 2.51. The van der Waals surface area contributed by atoms with Crippen LogP contribution in [0.2, 0.25) is 23.2 Å². The van der Waals surface area contributed by atoms with Crippen LogP contribution in [0, 0.1) is 0 Å². The summed E-state index contributed by atoms with van der Waals surface area (Å²) in [5.74, 6) is 0. The molecule has 0 aliphatic carbocycles. The Kier molecular flexibility index (Phi) is 5.31. The third-order valence-corrected chi connectivity index (χ3v) is 12.5. The molecule has 0 aromatic carbocycles. The summed E-state index contributed by atoms with van der Waals surface area (Å²) in [5.41, 5.74) is 0. The molecule has 0 aromatic rings. The van der Waals surface area contributed by atoms with E-state index < -0.39 is 8.07 Å². The van der Waals surface area contributed by atoms with Gasteiger partial charge in [-0.25, -0.2) is 0 Å². The second-order valence-electron chi connectivity index (χ2n) is 3.44. The number of rotatable bonds is 4. The minimum atomic E-state index is -0.658. The van der Waals surface area contributed by atoms with Gasteiger partial charge in [0, 0.05) is 0 Å². The zero-order chi connectivity index (χ0) is 7.33. The molecule has 0 bridgehead atoms. The molecule has 9 heavy (non-hydrogen) atoms. The van der Waals surface area contributed by atoms with Crippen LogP contribution in [0.5, 0.6) is 0 Å². The molecule has 0 amide bonds. The average molecular weight is 248 g/mol. The van der Waals surface area contributed by atoms with Gasteiger partial charge in [0.25, 0.3) is 0 Å². The van der Waals surface area contributed by atoms with Crippen molar-refractivity contribution in [2.24, 2.45) is 0 Å². The first-order valence-electron chi connectivity index (χ1n) is 3.77. The molecule has 0 nitrogen and oxygen atoms in total. The van der Waals surface area contributed by atoms with E-state index in [-0.39, 0.29) is 0 Å². The van der Waals surface area contributed by atoms with Gasteiger partial charge in [-0.1, -0.05) is 0 Å². The molecule has 0 N–H and O–H groups in total. The van der Waals surface area contributed by atoms with Crippen molar-refractivity contribution >= 4 is 30.6 Å². The molecule has 0 atom stereocenters. The quantitative estimate of drug-likeness (QED) is 0.671. The van der Waals surface area contributed by atoms with Crippen LogP contribution in [-0.2, 0) is 0 Å². The van der Waals surface area contributed by atoms with E-state index in [1.807, 2.05) is 0 Å². The van der Waals surface area contributed by atoms with Crippen molar-refractivity contribution in [3.8, 4) is 0 Å². The number of unbranched alkanes of at least 4 members (excludes halogenated alkanes) is 1. The van der Waals surface area contributed by atoms with Gasteiger partial charge in [-0.3, -0.25) is 0 Å². The molecular weight excluding hydrogens is 231 g/mol. The van der Waals surface area contributed by atoms with Gasteiger partial charge in [-0.2, -0.15) is 0 Å². The van der Waals surface area contributed by atoms with Gasteiger partial charge in [-0.05, 0) is 0 Å². The van der Waals surface area contributed by atoms with Crippen LogP contribution in [-0.4, -0.2) is 30.6 Å². The van der Waals surface area contributed by atoms with E-state index in [1.54, 1.807) is 32.6 Å². The fourth-order valence-corrected chi connectivity index (χ4v) is 3.74. The van der Waals surface area contributed by atoms with Gasteiger partial charge in [0.15, 0.2) is 0 Å². The molecule has 0 radical (unpaired) electrons. The van der Waals surface area contributed by atoms with E-state index in [1.165, 1.54) is 12.8 Å². The molecule has 0 unspecified atom stereocenters. The molecule has 2 heteroatoms. The van der Waals surface area contributed by atoms with E-state index >= 15 is 0 Å². The van der Waals surface area contributed by atoms with Crippen molar-refractivity contribution in [1.82, 2.24) is 0 Å². The second-order valence-corrected chi connectivity index (χ2v) is 11.7. The zero-order valence-corrected chi connectivity index (χ0v) is 10.7. The van der Waals surface area contributed by atoms with Gasteiger partial charge >= 0.3 is 73.6 Å². The van der Waals surface area contributed by atoms with E-state index in [2.05, 4.69) is 20.0 Å². The molecule has 0 aliphatic heterocycles. The van der Waals surface area contributed by atoms with Crippen molar-refractivity contribution in [2.75, 3.05) is 0 Å². The third-order valence-electron chi connectivity index (χ3n) is 1.69. The Morgan fingerprint density at radius 2 is 1.89 bits per heavy atom. The SMILES string of the molecule is CCCC[Si](C)(C)[CH2][Sn+3]. The van der Waals surface area contributed by atoms with Crippen molar-refractivity contribution < 1.29 is 0 Å². The molecule has 0 fully saturated rings. The Bertz CT molecular complexity index is 71.3. The van der Waals surface area contributed by atoms with E-state index in [0.29, 0.717) is 0 Å². The minimum absolute atomic E-state index is 0.658. The van der Waals surface area contributed by atoms with Crippen molar-refractivity contribution in [2.45, 2.75) is 43.0 Å². The number of hydrogen-bond acceptors (Lipinski definition) is 0. The molecule has 50 valence electrons. The molecule has 0 rings (SSSR count). The molecule has 0 saturated carbocycles. The predicted octanol–water partition coefficient (Wildman–Crippen LogP) is 2.62. The first kappa shape index (κ1) is 10.0. The van der Waals surface area contributed by atoms with Crippen molar-refractivity contribution in [3.05, 3.63) is 0 Å². The standard InChI is InChI=1S/C7H17Si.Sn/c1-5-6-7-8(2,3)4;/h2,5-7H2,1,3-4H3;/q;+3. The maximum atomic E-state index is 2.51. The van der Waals surface area contributed by atoms with Gasteiger partial charge < -0.3 is 0 Å². The normalized spacial score (nSPS) is 12.1. The topological polar surface area (TPSA) is 0 Å². The van der Waals surface area contributed by atoms with Gasteiger partial charge in [0.2, 0.25) is 0 Å². The summed E-state index contributed by atoms with van der Waals surface area (Å²) in [7, 11) is -0.658. The van der Waals surface area contributed by atoms with Gasteiger partial charge in [-0.15, -0.1) is 0 Å². The summed E-state index contributed by atoms with van der Waals surface area (Å²) >= 11 is 1.75. The van der Waals surface area contributed by atoms with Crippen molar-refractivity contribution in [3.63, 3.8) is 0 Å². The summed E-state index contributed by atoms with van der Waals surface area (Å²) in [6.45, 7) is 7.31. The summed E-state index contributed by atoms with van der Waals surface area (Å²) in [6, 6.07) is 1.55. The fourth-order valence-electron chi connectivity index (χ4n) is 0.744. The molecule has 0 aromatic heterocycles. The summed E-state index contributed by atoms with van der Waals surface area (Å²) in [4.78, 5) is 0. The Morgan fingerprint density at radius 3 is 2.22 bits per heavy atom. The van der Waals surface area contributed by atoms with Crippen LogP contribution >= 0.6 is 0 Å². The predicted molar refractivity (Wildman–Crippen MR) is 47.8 cm³/mol. The summed E-state index contributed by atoms with van der Waals surface area (Å²) < 4.78 is 1.54. The zero-order valence-electron chi connectivity index (χ0n) is 6.83. The molecule has 0 heterocycles.